The molecule has 0 unspecified atom stereocenters. The highest BCUT2D eigenvalue weighted by Crippen LogP contribution is 2.37. The molecule has 4 N–H and O–H groups in total. The predicted octanol–water partition coefficient (Wildman–Crippen LogP) is 9.05. The minimum Gasteiger partial charge on any atom is -0.478 e. The molecule has 0 atom stereocenters. The number of carboxylic acids is 2. The molecule has 6 aromatic rings. The number of fused-ring (bicyclic) bond motifs is 8. The summed E-state index contributed by atoms with van der Waals surface area (Å²) in [5.74, 6) is -2.58. The molecule has 0 aliphatic carbocycles. The van der Waals surface area contributed by atoms with E-state index in [1.807, 2.05) is 115 Å². The fourth-order valence-electron chi connectivity index (χ4n) is 6.41. The van der Waals surface area contributed by atoms with Crippen molar-refractivity contribution in [1.82, 2.24) is 19.9 Å². The lowest BCUT2D eigenvalue weighted by molar-refractivity contribution is 0.0695. The van der Waals surface area contributed by atoms with Gasteiger partial charge < -0.3 is 20.2 Å². The molecular weight excluding hydrogens is 600 g/mol. The van der Waals surface area contributed by atoms with Crippen LogP contribution in [0.25, 0.3) is 79.8 Å². The summed E-state index contributed by atoms with van der Waals surface area (Å²) in [5.41, 5.74) is 8.39. The number of benzene rings is 3. The van der Waals surface area contributed by atoms with Crippen molar-refractivity contribution in [2.45, 2.75) is 0 Å². The summed E-state index contributed by atoms with van der Waals surface area (Å²) < 4.78 is 0. The zero-order chi connectivity index (χ0) is 32.8. The van der Waals surface area contributed by atoms with Gasteiger partial charge in [-0.2, -0.15) is 0 Å². The summed E-state index contributed by atoms with van der Waals surface area (Å²) in [4.78, 5) is 42.4. The first-order valence-electron chi connectivity index (χ1n) is 15.3. The van der Waals surface area contributed by atoms with Gasteiger partial charge in [0.1, 0.15) is 5.56 Å². The van der Waals surface area contributed by atoms with Crippen LogP contribution >= 0.6 is 0 Å². The largest absolute Gasteiger partial charge is 0.478 e. The van der Waals surface area contributed by atoms with Gasteiger partial charge in [-0.1, -0.05) is 91.0 Å². The number of rotatable bonds is 5. The summed E-state index contributed by atoms with van der Waals surface area (Å²) >= 11 is 0. The fraction of sp³-hybridized carbons (Fsp3) is 0. The number of H-pyrrole nitrogens is 2. The van der Waals surface area contributed by atoms with Gasteiger partial charge in [0.15, 0.2) is 0 Å². The van der Waals surface area contributed by atoms with Crippen molar-refractivity contribution in [3.63, 3.8) is 0 Å². The Morgan fingerprint density at radius 2 is 0.896 bits per heavy atom. The molecule has 3 aromatic heterocycles. The molecule has 8 bridgehead atoms. The van der Waals surface area contributed by atoms with Crippen LogP contribution in [0.1, 0.15) is 43.5 Å². The molecule has 48 heavy (non-hydrogen) atoms. The molecule has 5 heterocycles. The SMILES string of the molecule is O=C(O)c1cc2[nH]c1c(C(=O)O)c1nc(c(-c3ccccc3)c3ccc([nH]3)c(-c3ccccc3)c3nc(c2-c2ccccc2)C=C3)C=C1. The first kappa shape index (κ1) is 28.7. The number of aromatic nitrogens is 4. The van der Waals surface area contributed by atoms with Crippen molar-refractivity contribution in [3.8, 4) is 33.4 Å². The Balaban J connectivity index is 1.62. The molecule has 8 rings (SSSR count). The maximum atomic E-state index is 12.9. The summed E-state index contributed by atoms with van der Waals surface area (Å²) in [6, 6.07) is 34.7. The quantitative estimate of drug-likeness (QED) is 0.151. The van der Waals surface area contributed by atoms with Gasteiger partial charge in [0.25, 0.3) is 0 Å². The number of carboxylic acid groups (broad SMARTS) is 2. The molecule has 8 nitrogen and oxygen atoms in total. The van der Waals surface area contributed by atoms with E-state index in [2.05, 4.69) is 9.97 Å². The zero-order valence-corrected chi connectivity index (χ0v) is 25.3. The van der Waals surface area contributed by atoms with Crippen LogP contribution in [0.4, 0.5) is 0 Å². The molecule has 0 spiro atoms. The molecule has 0 amide bonds. The molecule has 230 valence electrons. The molecule has 2 aliphatic rings. The van der Waals surface area contributed by atoms with Gasteiger partial charge in [-0.3, -0.25) is 0 Å². The minimum atomic E-state index is -1.31. The van der Waals surface area contributed by atoms with E-state index < -0.39 is 11.9 Å². The first-order chi connectivity index (χ1) is 23.5. The summed E-state index contributed by atoms with van der Waals surface area (Å²) in [6.07, 6.45) is 7.22. The number of carbonyl (C=O) groups is 2. The maximum Gasteiger partial charge on any atom is 0.340 e. The highest BCUT2D eigenvalue weighted by Gasteiger charge is 2.24. The van der Waals surface area contributed by atoms with Crippen LogP contribution in [0.3, 0.4) is 0 Å². The van der Waals surface area contributed by atoms with Gasteiger partial charge in [0.2, 0.25) is 0 Å². The lowest BCUT2D eigenvalue weighted by Gasteiger charge is -2.06. The average molecular weight is 627 g/mol. The monoisotopic (exact) mass is 626 g/mol. The highest BCUT2D eigenvalue weighted by atomic mass is 16.4. The van der Waals surface area contributed by atoms with E-state index in [9.17, 15) is 19.8 Å². The van der Waals surface area contributed by atoms with E-state index in [1.165, 1.54) is 6.07 Å². The van der Waals surface area contributed by atoms with Crippen molar-refractivity contribution < 1.29 is 19.8 Å². The highest BCUT2D eigenvalue weighted by molar-refractivity contribution is 6.10. The third-order valence-corrected chi connectivity index (χ3v) is 8.50. The number of hydrogen-bond donors (Lipinski definition) is 4. The van der Waals surface area contributed by atoms with E-state index in [-0.39, 0.29) is 22.3 Å². The number of aromatic carboxylic acids is 2. The Kier molecular flexibility index (Phi) is 6.88. The van der Waals surface area contributed by atoms with E-state index in [1.54, 1.807) is 12.2 Å². The van der Waals surface area contributed by atoms with Crippen LogP contribution in [0, 0.1) is 0 Å². The van der Waals surface area contributed by atoms with Crippen molar-refractivity contribution in [2.24, 2.45) is 0 Å². The molecular formula is C40H26N4O4. The molecule has 0 saturated carbocycles. The summed E-state index contributed by atoms with van der Waals surface area (Å²) in [5, 5.41) is 20.9. The van der Waals surface area contributed by atoms with Gasteiger partial charge in [-0.25, -0.2) is 19.6 Å². The number of nitrogens with one attached hydrogen (secondary N) is 2. The van der Waals surface area contributed by atoms with Crippen LogP contribution in [-0.4, -0.2) is 42.1 Å². The maximum absolute atomic E-state index is 12.9. The Morgan fingerprint density at radius 1 is 0.479 bits per heavy atom. The van der Waals surface area contributed by atoms with Crippen molar-refractivity contribution >= 4 is 58.3 Å². The standard InChI is InChI=1S/C40H26N4O4/c45-39(46)26-22-33-36(25-14-8-3-9-15-25)31-19-18-29(42-31)34(23-10-4-1-5-11-23)27-16-17-28(41-27)35(24-12-6-2-7-13-24)30-20-21-32(43-30)37(40(47)48)38(26)44-33/h1-22,41,44H,(H,45,46)(H,47,48). The van der Waals surface area contributed by atoms with Crippen LogP contribution in [0.15, 0.2) is 109 Å². The Morgan fingerprint density at radius 3 is 1.33 bits per heavy atom. The zero-order valence-electron chi connectivity index (χ0n) is 25.3. The predicted molar refractivity (Wildman–Crippen MR) is 189 cm³/mol. The van der Waals surface area contributed by atoms with Crippen LogP contribution in [0.2, 0.25) is 0 Å². The molecule has 0 fully saturated rings. The molecule has 0 saturated heterocycles. The topological polar surface area (TPSA) is 132 Å². The third kappa shape index (κ3) is 4.89. The smallest absolute Gasteiger partial charge is 0.340 e. The number of aromatic amines is 2. The fourth-order valence-corrected chi connectivity index (χ4v) is 6.41. The molecule has 2 aliphatic heterocycles. The van der Waals surface area contributed by atoms with Gasteiger partial charge >= 0.3 is 11.9 Å². The number of hydrogen-bond acceptors (Lipinski definition) is 4. The third-order valence-electron chi connectivity index (χ3n) is 8.50. The van der Waals surface area contributed by atoms with E-state index in [0.717, 1.165) is 38.9 Å². The second kappa shape index (κ2) is 11.5. The Bertz CT molecular complexity index is 2490. The molecule has 3 aromatic carbocycles. The minimum absolute atomic E-state index is 0.0538. The normalized spacial score (nSPS) is 11.9. The Hall–Kier alpha value is -6.80. The van der Waals surface area contributed by atoms with Crippen molar-refractivity contribution in [2.75, 3.05) is 0 Å². The van der Waals surface area contributed by atoms with E-state index in [4.69, 9.17) is 9.97 Å². The lowest BCUT2D eigenvalue weighted by atomic mass is 10.0. The second-order valence-electron chi connectivity index (χ2n) is 11.4. The van der Waals surface area contributed by atoms with E-state index in [0.29, 0.717) is 28.2 Å². The second-order valence-corrected chi connectivity index (χ2v) is 11.4. The van der Waals surface area contributed by atoms with Crippen molar-refractivity contribution in [3.05, 3.63) is 143 Å². The Labute approximate surface area is 274 Å². The van der Waals surface area contributed by atoms with Gasteiger partial charge in [-0.15, -0.1) is 0 Å². The van der Waals surface area contributed by atoms with Crippen molar-refractivity contribution in [1.29, 1.82) is 0 Å². The average Bonchev–Trinajstić information content (AvgIpc) is 3.93. The van der Waals surface area contributed by atoms with Gasteiger partial charge in [-0.05, 0) is 59.2 Å². The lowest BCUT2D eigenvalue weighted by Crippen LogP contribution is -2.04. The van der Waals surface area contributed by atoms with Crippen LogP contribution < -0.4 is 0 Å². The molecule has 8 heteroatoms. The van der Waals surface area contributed by atoms with Crippen LogP contribution in [0.5, 0.6) is 0 Å². The first-order valence-corrected chi connectivity index (χ1v) is 15.3. The number of nitrogens with zero attached hydrogens (tertiary/aromatic N) is 2. The summed E-state index contributed by atoms with van der Waals surface area (Å²) in [6.45, 7) is 0. The van der Waals surface area contributed by atoms with E-state index >= 15 is 0 Å². The van der Waals surface area contributed by atoms with Gasteiger partial charge in [0.05, 0.1) is 33.9 Å². The molecule has 0 radical (unpaired) electrons. The van der Waals surface area contributed by atoms with Crippen LogP contribution in [-0.2, 0) is 0 Å². The van der Waals surface area contributed by atoms with Gasteiger partial charge in [0, 0.05) is 33.2 Å². The summed E-state index contributed by atoms with van der Waals surface area (Å²) in [7, 11) is 0.